The minimum absolute atomic E-state index is 0.0415. The number of amides is 1. The van der Waals surface area contributed by atoms with Crippen molar-refractivity contribution in [1.82, 2.24) is 10.3 Å². The standard InChI is InChI=1S/C15H12Cl2N2O3/c16-12-7-11(8-13(17)9-12)15(21)22-6-5-19-14(20)10-1-3-18-4-2-10/h1-4,7-9H,5-6H2,(H,19,20). The van der Waals surface area contributed by atoms with Crippen LogP contribution in [0.4, 0.5) is 0 Å². The predicted octanol–water partition coefficient (Wildman–Crippen LogP) is 2.98. The molecule has 0 unspecified atom stereocenters. The van der Waals surface area contributed by atoms with Crippen molar-refractivity contribution < 1.29 is 14.3 Å². The minimum atomic E-state index is -0.553. The number of rotatable bonds is 5. The van der Waals surface area contributed by atoms with Gasteiger partial charge >= 0.3 is 5.97 Å². The molecule has 0 saturated heterocycles. The summed E-state index contributed by atoms with van der Waals surface area (Å²) in [6.07, 6.45) is 3.05. The fourth-order valence-electron chi connectivity index (χ4n) is 1.67. The Kier molecular flexibility index (Phi) is 5.75. The number of nitrogens with zero attached hydrogens (tertiary/aromatic N) is 1. The van der Waals surface area contributed by atoms with E-state index in [-0.39, 0.29) is 24.6 Å². The Morgan fingerprint density at radius 1 is 1.05 bits per heavy atom. The first kappa shape index (κ1) is 16.3. The summed E-state index contributed by atoms with van der Waals surface area (Å²) in [4.78, 5) is 27.4. The van der Waals surface area contributed by atoms with Crippen LogP contribution in [0.2, 0.25) is 10.0 Å². The second-order valence-corrected chi connectivity index (χ2v) is 5.16. The number of esters is 1. The molecule has 5 nitrogen and oxygen atoms in total. The van der Waals surface area contributed by atoms with Crippen molar-refractivity contribution in [2.75, 3.05) is 13.2 Å². The lowest BCUT2D eigenvalue weighted by Gasteiger charge is -2.07. The summed E-state index contributed by atoms with van der Waals surface area (Å²) in [6, 6.07) is 7.64. The number of ether oxygens (including phenoxy) is 1. The molecule has 1 aromatic heterocycles. The molecule has 2 rings (SSSR count). The lowest BCUT2D eigenvalue weighted by Crippen LogP contribution is -2.28. The van der Waals surface area contributed by atoms with Gasteiger partial charge in [-0.3, -0.25) is 9.78 Å². The number of pyridine rings is 1. The molecular weight excluding hydrogens is 327 g/mol. The third-order valence-electron chi connectivity index (χ3n) is 2.66. The molecule has 2 aromatic rings. The van der Waals surface area contributed by atoms with Crippen LogP contribution in [-0.4, -0.2) is 30.0 Å². The van der Waals surface area contributed by atoms with E-state index in [4.69, 9.17) is 27.9 Å². The van der Waals surface area contributed by atoms with E-state index in [2.05, 4.69) is 10.3 Å². The quantitative estimate of drug-likeness (QED) is 0.672. The van der Waals surface area contributed by atoms with Crippen LogP contribution in [0.3, 0.4) is 0 Å². The van der Waals surface area contributed by atoms with Crippen LogP contribution in [0.5, 0.6) is 0 Å². The molecule has 7 heteroatoms. The van der Waals surface area contributed by atoms with Gasteiger partial charge in [0.1, 0.15) is 6.61 Å². The molecule has 0 aliphatic carbocycles. The Labute approximate surface area is 137 Å². The van der Waals surface area contributed by atoms with Gasteiger partial charge in [-0.1, -0.05) is 23.2 Å². The Morgan fingerprint density at radius 3 is 2.32 bits per heavy atom. The predicted molar refractivity (Wildman–Crippen MR) is 83.3 cm³/mol. The van der Waals surface area contributed by atoms with Crippen molar-refractivity contribution in [3.63, 3.8) is 0 Å². The summed E-state index contributed by atoms with van der Waals surface area (Å²) < 4.78 is 5.04. The molecule has 0 radical (unpaired) electrons. The summed E-state index contributed by atoms with van der Waals surface area (Å²) in [5.41, 5.74) is 0.751. The molecule has 0 aliphatic rings. The number of benzene rings is 1. The number of carbonyl (C=O) groups excluding carboxylic acids is 2. The molecule has 0 bridgehead atoms. The second-order valence-electron chi connectivity index (χ2n) is 4.29. The molecule has 1 N–H and O–H groups in total. The Hall–Kier alpha value is -2.11. The lowest BCUT2D eigenvalue weighted by molar-refractivity contribution is 0.0503. The van der Waals surface area contributed by atoms with Gasteiger partial charge in [-0.2, -0.15) is 0 Å². The van der Waals surface area contributed by atoms with Gasteiger partial charge in [0.2, 0.25) is 0 Å². The van der Waals surface area contributed by atoms with Crippen LogP contribution >= 0.6 is 23.2 Å². The zero-order valence-electron chi connectivity index (χ0n) is 11.4. The number of aromatic nitrogens is 1. The number of carbonyl (C=O) groups is 2. The first-order valence-electron chi connectivity index (χ1n) is 6.38. The average molecular weight is 339 g/mol. The summed E-state index contributed by atoms with van der Waals surface area (Å²) in [7, 11) is 0. The van der Waals surface area contributed by atoms with Gasteiger partial charge in [0.25, 0.3) is 5.91 Å². The maximum Gasteiger partial charge on any atom is 0.338 e. The van der Waals surface area contributed by atoms with E-state index in [9.17, 15) is 9.59 Å². The normalized spacial score (nSPS) is 10.1. The monoisotopic (exact) mass is 338 g/mol. The number of nitrogens with one attached hydrogen (secondary N) is 1. The van der Waals surface area contributed by atoms with E-state index in [0.717, 1.165) is 0 Å². The topological polar surface area (TPSA) is 68.3 Å². The van der Waals surface area contributed by atoms with E-state index in [1.807, 2.05) is 0 Å². The minimum Gasteiger partial charge on any atom is -0.460 e. The maximum atomic E-state index is 11.8. The van der Waals surface area contributed by atoms with E-state index in [0.29, 0.717) is 15.6 Å². The van der Waals surface area contributed by atoms with Gasteiger partial charge in [0.05, 0.1) is 12.1 Å². The summed E-state index contributed by atoms with van der Waals surface area (Å²) >= 11 is 11.6. The largest absolute Gasteiger partial charge is 0.460 e. The smallest absolute Gasteiger partial charge is 0.338 e. The van der Waals surface area contributed by atoms with Gasteiger partial charge in [0, 0.05) is 28.0 Å². The molecule has 1 aromatic carbocycles. The highest BCUT2D eigenvalue weighted by Gasteiger charge is 2.10. The Bertz CT molecular complexity index is 657. The average Bonchev–Trinajstić information content (AvgIpc) is 2.51. The van der Waals surface area contributed by atoms with E-state index in [1.54, 1.807) is 12.1 Å². The van der Waals surface area contributed by atoms with Crippen molar-refractivity contribution in [2.45, 2.75) is 0 Å². The van der Waals surface area contributed by atoms with Crippen LogP contribution < -0.4 is 5.32 Å². The summed E-state index contributed by atoms with van der Waals surface area (Å²) in [5.74, 6) is -0.813. The fraction of sp³-hybridized carbons (Fsp3) is 0.133. The molecule has 1 amide bonds. The zero-order chi connectivity index (χ0) is 15.9. The van der Waals surface area contributed by atoms with Crippen molar-refractivity contribution >= 4 is 35.1 Å². The molecule has 1 heterocycles. The lowest BCUT2D eigenvalue weighted by atomic mass is 10.2. The highest BCUT2D eigenvalue weighted by atomic mass is 35.5. The van der Waals surface area contributed by atoms with E-state index in [1.165, 1.54) is 30.6 Å². The molecule has 0 fully saturated rings. The van der Waals surface area contributed by atoms with Gasteiger partial charge in [0.15, 0.2) is 0 Å². The highest BCUT2D eigenvalue weighted by molar-refractivity contribution is 6.35. The molecule has 0 saturated carbocycles. The van der Waals surface area contributed by atoms with Crippen LogP contribution in [-0.2, 0) is 4.74 Å². The number of hydrogen-bond acceptors (Lipinski definition) is 4. The van der Waals surface area contributed by atoms with Gasteiger partial charge in [-0.25, -0.2) is 4.79 Å². The molecule has 0 spiro atoms. The second kappa shape index (κ2) is 7.77. The first-order chi connectivity index (χ1) is 10.6. The van der Waals surface area contributed by atoms with Crippen molar-refractivity contribution in [3.05, 3.63) is 63.9 Å². The third-order valence-corrected chi connectivity index (χ3v) is 3.10. The molecule has 22 heavy (non-hydrogen) atoms. The van der Waals surface area contributed by atoms with Crippen molar-refractivity contribution in [1.29, 1.82) is 0 Å². The number of halogens is 2. The third kappa shape index (κ3) is 4.72. The summed E-state index contributed by atoms with van der Waals surface area (Å²) in [6.45, 7) is 0.237. The van der Waals surface area contributed by atoms with Gasteiger partial charge in [-0.15, -0.1) is 0 Å². The number of hydrogen-bond donors (Lipinski definition) is 1. The van der Waals surface area contributed by atoms with Crippen LogP contribution in [0.1, 0.15) is 20.7 Å². The van der Waals surface area contributed by atoms with E-state index >= 15 is 0 Å². The van der Waals surface area contributed by atoms with Crippen molar-refractivity contribution in [2.24, 2.45) is 0 Å². The van der Waals surface area contributed by atoms with Crippen LogP contribution in [0, 0.1) is 0 Å². The Morgan fingerprint density at radius 2 is 1.68 bits per heavy atom. The van der Waals surface area contributed by atoms with Gasteiger partial charge in [-0.05, 0) is 30.3 Å². The van der Waals surface area contributed by atoms with E-state index < -0.39 is 5.97 Å². The maximum absolute atomic E-state index is 11.8. The van der Waals surface area contributed by atoms with Crippen molar-refractivity contribution in [3.8, 4) is 0 Å². The van der Waals surface area contributed by atoms with Gasteiger partial charge < -0.3 is 10.1 Å². The van der Waals surface area contributed by atoms with Crippen LogP contribution in [0.25, 0.3) is 0 Å². The molecule has 0 aliphatic heterocycles. The first-order valence-corrected chi connectivity index (χ1v) is 7.13. The molecular formula is C15H12Cl2N2O3. The highest BCUT2D eigenvalue weighted by Crippen LogP contribution is 2.19. The molecule has 114 valence electrons. The SMILES string of the molecule is O=C(NCCOC(=O)c1cc(Cl)cc(Cl)c1)c1ccncc1. The Balaban J connectivity index is 1.79. The summed E-state index contributed by atoms with van der Waals surface area (Å²) in [5, 5.41) is 3.34. The fourth-order valence-corrected chi connectivity index (χ4v) is 2.19. The molecule has 0 atom stereocenters. The zero-order valence-corrected chi connectivity index (χ0v) is 12.9. The van der Waals surface area contributed by atoms with Crippen LogP contribution in [0.15, 0.2) is 42.7 Å².